The molecular weight excluding hydrogens is 379 g/mol. The molecule has 3 saturated heterocycles. The largest absolute Gasteiger partial charge is 0.366 e. The molecule has 0 spiro atoms. The van der Waals surface area contributed by atoms with Gasteiger partial charge in [0.1, 0.15) is 5.82 Å². The average molecular weight is 407 g/mol. The zero-order chi connectivity index (χ0) is 19.5. The van der Waals surface area contributed by atoms with Crippen LogP contribution in [0.3, 0.4) is 0 Å². The molecule has 0 saturated carbocycles. The summed E-state index contributed by atoms with van der Waals surface area (Å²) >= 11 is 1.79. The van der Waals surface area contributed by atoms with E-state index in [-0.39, 0.29) is 29.6 Å². The SMILES string of the molecule is O=C(CC1CNC(C(=O)N2CCSC2)C1)N1CCN(c2ccccc2F)CC1. The topological polar surface area (TPSA) is 55.9 Å². The zero-order valence-corrected chi connectivity index (χ0v) is 16.8. The van der Waals surface area contributed by atoms with Gasteiger partial charge in [0.15, 0.2) is 0 Å². The predicted octanol–water partition coefficient (Wildman–Crippen LogP) is 1.38. The number of hydrogen-bond donors (Lipinski definition) is 1. The van der Waals surface area contributed by atoms with Gasteiger partial charge in [-0.2, -0.15) is 0 Å². The molecule has 4 rings (SSSR count). The van der Waals surface area contributed by atoms with Gasteiger partial charge in [0, 0.05) is 44.9 Å². The van der Waals surface area contributed by atoms with Crippen molar-refractivity contribution in [1.82, 2.24) is 15.1 Å². The van der Waals surface area contributed by atoms with Gasteiger partial charge in [0.2, 0.25) is 11.8 Å². The van der Waals surface area contributed by atoms with Gasteiger partial charge in [-0.25, -0.2) is 4.39 Å². The van der Waals surface area contributed by atoms with Gasteiger partial charge < -0.3 is 20.0 Å². The van der Waals surface area contributed by atoms with E-state index in [1.54, 1.807) is 23.9 Å². The van der Waals surface area contributed by atoms with E-state index >= 15 is 0 Å². The van der Waals surface area contributed by atoms with E-state index in [4.69, 9.17) is 0 Å². The van der Waals surface area contributed by atoms with Gasteiger partial charge in [0.05, 0.1) is 17.6 Å². The summed E-state index contributed by atoms with van der Waals surface area (Å²) in [6.45, 7) is 4.06. The summed E-state index contributed by atoms with van der Waals surface area (Å²) in [4.78, 5) is 31.0. The predicted molar refractivity (Wildman–Crippen MR) is 109 cm³/mol. The quantitative estimate of drug-likeness (QED) is 0.819. The second-order valence-electron chi connectivity index (χ2n) is 7.72. The van der Waals surface area contributed by atoms with Crippen LogP contribution in [0.2, 0.25) is 0 Å². The lowest BCUT2D eigenvalue weighted by molar-refractivity contribution is -0.133. The smallest absolute Gasteiger partial charge is 0.240 e. The molecular formula is C20H27FN4O2S. The van der Waals surface area contributed by atoms with Crippen LogP contribution in [0.1, 0.15) is 12.8 Å². The lowest BCUT2D eigenvalue weighted by Gasteiger charge is -2.36. The fraction of sp³-hybridized carbons (Fsp3) is 0.600. The maximum absolute atomic E-state index is 14.0. The molecule has 1 aromatic carbocycles. The fourth-order valence-electron chi connectivity index (χ4n) is 4.24. The van der Waals surface area contributed by atoms with Crippen LogP contribution in [-0.2, 0) is 9.59 Å². The summed E-state index contributed by atoms with van der Waals surface area (Å²) in [5.41, 5.74) is 0.607. The van der Waals surface area contributed by atoms with E-state index in [2.05, 4.69) is 5.32 Å². The highest BCUT2D eigenvalue weighted by Crippen LogP contribution is 2.24. The number of thioether (sulfide) groups is 1. The summed E-state index contributed by atoms with van der Waals surface area (Å²) in [7, 11) is 0. The summed E-state index contributed by atoms with van der Waals surface area (Å²) < 4.78 is 14.0. The average Bonchev–Trinajstić information content (AvgIpc) is 3.40. The highest BCUT2D eigenvalue weighted by atomic mass is 32.2. The number of piperazine rings is 1. The number of hydrogen-bond acceptors (Lipinski definition) is 5. The van der Waals surface area contributed by atoms with E-state index in [1.807, 2.05) is 20.8 Å². The number of nitrogens with zero attached hydrogens (tertiary/aromatic N) is 3. The van der Waals surface area contributed by atoms with Gasteiger partial charge in [-0.3, -0.25) is 9.59 Å². The lowest BCUT2D eigenvalue weighted by Crippen LogP contribution is -2.49. The Kier molecular flexibility index (Phi) is 6.06. The number of anilines is 1. The molecule has 6 nitrogen and oxygen atoms in total. The summed E-state index contributed by atoms with van der Waals surface area (Å²) in [6.07, 6.45) is 1.21. The van der Waals surface area contributed by atoms with Gasteiger partial charge in [-0.15, -0.1) is 11.8 Å². The van der Waals surface area contributed by atoms with Crippen molar-refractivity contribution in [3.63, 3.8) is 0 Å². The molecule has 8 heteroatoms. The van der Waals surface area contributed by atoms with Crippen LogP contribution in [0.4, 0.5) is 10.1 Å². The number of amides is 2. The first-order chi connectivity index (χ1) is 13.6. The maximum Gasteiger partial charge on any atom is 0.240 e. The van der Waals surface area contributed by atoms with Crippen LogP contribution in [0.25, 0.3) is 0 Å². The number of nitrogens with one attached hydrogen (secondary N) is 1. The molecule has 0 radical (unpaired) electrons. The first-order valence-electron chi connectivity index (χ1n) is 9.99. The second kappa shape index (κ2) is 8.69. The van der Waals surface area contributed by atoms with Crippen molar-refractivity contribution in [2.45, 2.75) is 18.9 Å². The molecule has 1 aromatic rings. The highest BCUT2D eigenvalue weighted by molar-refractivity contribution is 7.99. The first kappa shape index (κ1) is 19.5. The Bertz CT molecular complexity index is 720. The van der Waals surface area contributed by atoms with Crippen LogP contribution in [0.5, 0.6) is 0 Å². The molecule has 3 fully saturated rings. The standard InChI is InChI=1S/C20H27FN4O2S/c21-16-3-1-2-4-18(16)23-5-7-24(8-6-23)19(26)12-15-11-17(22-13-15)20(27)25-9-10-28-14-25/h1-4,15,17,22H,5-14H2. The third-order valence-corrected chi connectivity index (χ3v) is 6.84. The molecule has 1 N–H and O–H groups in total. The van der Waals surface area contributed by atoms with Gasteiger partial charge in [-0.1, -0.05) is 12.1 Å². The van der Waals surface area contributed by atoms with Crippen LogP contribution in [0.15, 0.2) is 24.3 Å². The van der Waals surface area contributed by atoms with E-state index in [0.29, 0.717) is 38.3 Å². The molecule has 0 aromatic heterocycles. The molecule has 152 valence electrons. The van der Waals surface area contributed by atoms with Crippen molar-refractivity contribution in [2.75, 3.05) is 55.8 Å². The van der Waals surface area contributed by atoms with Crippen molar-refractivity contribution in [3.05, 3.63) is 30.1 Å². The fourth-order valence-corrected chi connectivity index (χ4v) is 5.20. The van der Waals surface area contributed by atoms with Gasteiger partial charge >= 0.3 is 0 Å². The Morgan fingerprint density at radius 2 is 1.89 bits per heavy atom. The maximum atomic E-state index is 14.0. The lowest BCUT2D eigenvalue weighted by atomic mass is 10.00. The monoisotopic (exact) mass is 406 g/mol. The normalized spacial score (nSPS) is 25.4. The Morgan fingerprint density at radius 3 is 2.61 bits per heavy atom. The third-order valence-electron chi connectivity index (χ3n) is 5.87. The van der Waals surface area contributed by atoms with Crippen molar-refractivity contribution >= 4 is 29.3 Å². The van der Waals surface area contributed by atoms with Crippen LogP contribution in [0, 0.1) is 11.7 Å². The van der Waals surface area contributed by atoms with E-state index in [9.17, 15) is 14.0 Å². The van der Waals surface area contributed by atoms with Crippen molar-refractivity contribution in [2.24, 2.45) is 5.92 Å². The highest BCUT2D eigenvalue weighted by Gasteiger charge is 2.35. The summed E-state index contributed by atoms with van der Waals surface area (Å²) in [5.74, 6) is 2.11. The Hall–Kier alpha value is -1.80. The molecule has 3 aliphatic heterocycles. The number of benzene rings is 1. The molecule has 28 heavy (non-hydrogen) atoms. The molecule has 2 unspecified atom stereocenters. The first-order valence-corrected chi connectivity index (χ1v) is 11.1. The van der Waals surface area contributed by atoms with E-state index in [0.717, 1.165) is 31.1 Å². The van der Waals surface area contributed by atoms with Crippen molar-refractivity contribution < 1.29 is 14.0 Å². The number of para-hydroxylation sites is 1. The van der Waals surface area contributed by atoms with Crippen LogP contribution >= 0.6 is 11.8 Å². The van der Waals surface area contributed by atoms with E-state index in [1.165, 1.54) is 6.07 Å². The van der Waals surface area contributed by atoms with Crippen molar-refractivity contribution in [1.29, 1.82) is 0 Å². The number of carbonyl (C=O) groups excluding carboxylic acids is 2. The van der Waals surface area contributed by atoms with Gasteiger partial charge in [0.25, 0.3) is 0 Å². The molecule has 3 heterocycles. The third kappa shape index (κ3) is 4.27. The molecule has 0 bridgehead atoms. The zero-order valence-electron chi connectivity index (χ0n) is 16.0. The Labute approximate surface area is 169 Å². The van der Waals surface area contributed by atoms with Gasteiger partial charge in [-0.05, 0) is 31.0 Å². The molecule has 2 amide bonds. The van der Waals surface area contributed by atoms with Crippen LogP contribution < -0.4 is 10.2 Å². The van der Waals surface area contributed by atoms with Crippen molar-refractivity contribution in [3.8, 4) is 0 Å². The van der Waals surface area contributed by atoms with Crippen LogP contribution in [-0.4, -0.2) is 78.6 Å². The second-order valence-corrected chi connectivity index (χ2v) is 8.80. The Balaban J connectivity index is 1.24. The molecule has 2 atom stereocenters. The molecule has 0 aliphatic carbocycles. The van der Waals surface area contributed by atoms with E-state index < -0.39 is 0 Å². The minimum Gasteiger partial charge on any atom is -0.366 e. The number of rotatable bonds is 4. The minimum atomic E-state index is -0.216. The number of halogens is 1. The minimum absolute atomic E-state index is 0.143. The number of carbonyl (C=O) groups is 2. The Morgan fingerprint density at radius 1 is 1.11 bits per heavy atom. The summed E-state index contributed by atoms with van der Waals surface area (Å²) in [6, 6.07) is 6.64. The molecule has 3 aliphatic rings. The summed E-state index contributed by atoms with van der Waals surface area (Å²) in [5, 5.41) is 3.31.